The largest absolute Gasteiger partial charge is 0.497 e. The van der Waals surface area contributed by atoms with Crippen LogP contribution in [-0.4, -0.2) is 46.7 Å². The minimum atomic E-state index is -3.36. The predicted molar refractivity (Wildman–Crippen MR) is 110 cm³/mol. The van der Waals surface area contributed by atoms with Crippen LogP contribution in [0.25, 0.3) is 11.0 Å². The number of sulfone groups is 1. The Morgan fingerprint density at radius 3 is 2.48 bits per heavy atom. The zero-order valence-electron chi connectivity index (χ0n) is 16.8. The average Bonchev–Trinajstić information content (AvgIpc) is 3.04. The monoisotopic (exact) mass is 417 g/mol. The quantitative estimate of drug-likeness (QED) is 0.587. The highest BCUT2D eigenvalue weighted by Gasteiger charge is 2.26. The summed E-state index contributed by atoms with van der Waals surface area (Å²) in [6.07, 6.45) is 1.13. The molecular weight excluding hydrogens is 394 g/mol. The first-order valence-electron chi connectivity index (χ1n) is 8.88. The number of benzene rings is 2. The maximum Gasteiger partial charge on any atom is 0.289 e. The van der Waals surface area contributed by atoms with E-state index in [1.807, 2.05) is 6.07 Å². The summed E-state index contributed by atoms with van der Waals surface area (Å²) in [5.74, 6) is 0.590. The van der Waals surface area contributed by atoms with Gasteiger partial charge in [0.1, 0.15) is 17.1 Å². The van der Waals surface area contributed by atoms with Crippen LogP contribution in [0.2, 0.25) is 0 Å². The second kappa shape index (κ2) is 8.16. The molecule has 1 heterocycles. The Bertz CT molecular complexity index is 1150. The molecule has 154 valence electrons. The maximum atomic E-state index is 13.1. The zero-order valence-corrected chi connectivity index (χ0v) is 17.6. The van der Waals surface area contributed by atoms with Gasteiger partial charge in [-0.2, -0.15) is 0 Å². The van der Waals surface area contributed by atoms with Crippen LogP contribution in [0.5, 0.6) is 11.5 Å². The summed E-state index contributed by atoms with van der Waals surface area (Å²) in [5, 5.41) is 0.622. The van der Waals surface area contributed by atoms with Gasteiger partial charge in [0, 0.05) is 42.4 Å². The average molecular weight is 417 g/mol. The van der Waals surface area contributed by atoms with Crippen molar-refractivity contribution in [2.24, 2.45) is 0 Å². The van der Waals surface area contributed by atoms with Gasteiger partial charge in [0.05, 0.1) is 20.0 Å². The molecule has 0 radical (unpaired) electrons. The van der Waals surface area contributed by atoms with Crippen LogP contribution in [0, 0.1) is 0 Å². The normalized spacial score (nSPS) is 11.4. The molecule has 1 aromatic heterocycles. The number of furan rings is 1. The van der Waals surface area contributed by atoms with E-state index in [0.29, 0.717) is 28.0 Å². The van der Waals surface area contributed by atoms with Crippen LogP contribution in [0.1, 0.15) is 21.7 Å². The second-order valence-corrected chi connectivity index (χ2v) is 8.96. The molecule has 0 N–H and O–H groups in total. The summed E-state index contributed by atoms with van der Waals surface area (Å²) in [4.78, 5) is 14.6. The number of carbonyl (C=O) groups excluding carboxylic acids is 1. The fourth-order valence-corrected chi connectivity index (χ4v) is 3.97. The van der Waals surface area contributed by atoms with Gasteiger partial charge in [0.2, 0.25) is 0 Å². The lowest BCUT2D eigenvalue weighted by molar-refractivity contribution is 0.0754. The number of carbonyl (C=O) groups is 1. The fraction of sp³-hybridized carbons (Fsp3) is 0.286. The summed E-state index contributed by atoms with van der Waals surface area (Å²) >= 11 is 0. The fourth-order valence-electron chi connectivity index (χ4n) is 3.16. The Balaban J connectivity index is 1.96. The van der Waals surface area contributed by atoms with E-state index in [9.17, 15) is 13.2 Å². The van der Waals surface area contributed by atoms with Gasteiger partial charge in [0.15, 0.2) is 15.6 Å². The summed E-state index contributed by atoms with van der Waals surface area (Å²) in [6, 6.07) is 12.4. The molecule has 0 unspecified atom stereocenters. The lowest BCUT2D eigenvalue weighted by Crippen LogP contribution is -2.27. The van der Waals surface area contributed by atoms with Gasteiger partial charge in [-0.15, -0.1) is 0 Å². The van der Waals surface area contributed by atoms with Gasteiger partial charge in [-0.1, -0.05) is 18.2 Å². The molecule has 0 atom stereocenters. The standard InChI is InChI=1S/C21H23NO6S/c1-22(12-14-9-10-15(26-2)11-19(14)27-3)21(23)20-17(13-29(4,24)25)16-7-5-6-8-18(16)28-20/h5-11H,12-13H2,1-4H3. The van der Waals surface area contributed by atoms with Gasteiger partial charge < -0.3 is 18.8 Å². The minimum Gasteiger partial charge on any atom is -0.497 e. The van der Waals surface area contributed by atoms with E-state index in [1.54, 1.807) is 57.7 Å². The minimum absolute atomic E-state index is 0.0339. The summed E-state index contributed by atoms with van der Waals surface area (Å²) < 4.78 is 40.2. The molecule has 3 aromatic rings. The van der Waals surface area contributed by atoms with Crippen LogP contribution in [0.3, 0.4) is 0 Å². The number of amides is 1. The van der Waals surface area contributed by atoms with E-state index in [2.05, 4.69) is 0 Å². The van der Waals surface area contributed by atoms with Crippen molar-refractivity contribution in [1.82, 2.24) is 4.90 Å². The van der Waals surface area contributed by atoms with Crippen LogP contribution < -0.4 is 9.47 Å². The Morgan fingerprint density at radius 1 is 1.10 bits per heavy atom. The van der Waals surface area contributed by atoms with E-state index in [-0.39, 0.29) is 18.1 Å². The van der Waals surface area contributed by atoms with Crippen molar-refractivity contribution < 1.29 is 27.1 Å². The number of ether oxygens (including phenoxy) is 2. The first-order chi connectivity index (χ1) is 13.7. The summed E-state index contributed by atoms with van der Waals surface area (Å²) in [6.45, 7) is 0.251. The number of methoxy groups -OCH3 is 2. The smallest absolute Gasteiger partial charge is 0.289 e. The number of hydrogen-bond donors (Lipinski definition) is 0. The molecule has 3 rings (SSSR count). The molecule has 7 nitrogen and oxygen atoms in total. The SMILES string of the molecule is COc1ccc(CN(C)C(=O)c2oc3ccccc3c2CS(C)(=O)=O)c(OC)c1. The molecule has 0 bridgehead atoms. The molecule has 0 aliphatic rings. The van der Waals surface area contributed by atoms with Crippen molar-refractivity contribution in [3.8, 4) is 11.5 Å². The summed E-state index contributed by atoms with van der Waals surface area (Å²) in [7, 11) is 1.38. The highest BCUT2D eigenvalue weighted by atomic mass is 32.2. The topological polar surface area (TPSA) is 86.0 Å². The van der Waals surface area contributed by atoms with Crippen molar-refractivity contribution in [2.75, 3.05) is 27.5 Å². The van der Waals surface area contributed by atoms with Crippen molar-refractivity contribution >= 4 is 26.7 Å². The predicted octanol–water partition coefficient (Wildman–Crippen LogP) is 3.27. The molecule has 29 heavy (non-hydrogen) atoms. The van der Waals surface area contributed by atoms with E-state index < -0.39 is 15.7 Å². The number of fused-ring (bicyclic) bond motifs is 1. The molecule has 0 saturated heterocycles. The van der Waals surface area contributed by atoms with Gasteiger partial charge >= 0.3 is 0 Å². The number of nitrogens with zero attached hydrogens (tertiary/aromatic N) is 1. The molecule has 0 saturated carbocycles. The Kier molecular flexibility index (Phi) is 5.83. The maximum absolute atomic E-state index is 13.1. The molecule has 2 aromatic carbocycles. The van der Waals surface area contributed by atoms with E-state index in [0.717, 1.165) is 11.8 Å². The van der Waals surface area contributed by atoms with Crippen molar-refractivity contribution in [2.45, 2.75) is 12.3 Å². The van der Waals surface area contributed by atoms with Crippen molar-refractivity contribution in [1.29, 1.82) is 0 Å². The third-order valence-corrected chi connectivity index (χ3v) is 5.36. The van der Waals surface area contributed by atoms with Gasteiger partial charge in [0.25, 0.3) is 5.91 Å². The van der Waals surface area contributed by atoms with Crippen LogP contribution in [0.15, 0.2) is 46.9 Å². The van der Waals surface area contributed by atoms with Gasteiger partial charge in [-0.3, -0.25) is 4.79 Å². The molecule has 1 amide bonds. The molecule has 0 fully saturated rings. The molecule has 0 aliphatic carbocycles. The van der Waals surface area contributed by atoms with E-state index in [4.69, 9.17) is 13.9 Å². The molecule has 8 heteroatoms. The third kappa shape index (κ3) is 4.54. The molecule has 0 aliphatic heterocycles. The number of rotatable bonds is 7. The highest BCUT2D eigenvalue weighted by molar-refractivity contribution is 7.89. The highest BCUT2D eigenvalue weighted by Crippen LogP contribution is 2.30. The zero-order chi connectivity index (χ0) is 21.2. The first-order valence-corrected chi connectivity index (χ1v) is 10.9. The number of para-hydroxylation sites is 1. The van der Waals surface area contributed by atoms with E-state index in [1.165, 1.54) is 4.90 Å². The molecule has 0 spiro atoms. The lowest BCUT2D eigenvalue weighted by Gasteiger charge is -2.19. The van der Waals surface area contributed by atoms with Crippen LogP contribution in [-0.2, 0) is 22.1 Å². The third-order valence-electron chi connectivity index (χ3n) is 4.55. The molecular formula is C21H23NO6S. The lowest BCUT2D eigenvalue weighted by atomic mass is 10.1. The summed E-state index contributed by atoms with van der Waals surface area (Å²) in [5.41, 5.74) is 1.64. The Morgan fingerprint density at radius 2 is 1.83 bits per heavy atom. The van der Waals surface area contributed by atoms with Crippen molar-refractivity contribution in [3.63, 3.8) is 0 Å². The second-order valence-electron chi connectivity index (χ2n) is 6.81. The Hall–Kier alpha value is -3.00. The van der Waals surface area contributed by atoms with E-state index >= 15 is 0 Å². The Labute approximate surface area is 169 Å². The van der Waals surface area contributed by atoms with Gasteiger partial charge in [-0.25, -0.2) is 8.42 Å². The van der Waals surface area contributed by atoms with Crippen LogP contribution >= 0.6 is 0 Å². The van der Waals surface area contributed by atoms with Crippen molar-refractivity contribution in [3.05, 3.63) is 59.4 Å². The van der Waals surface area contributed by atoms with Gasteiger partial charge in [-0.05, 0) is 18.2 Å². The number of hydrogen-bond acceptors (Lipinski definition) is 6. The first kappa shape index (κ1) is 20.7. The van der Waals surface area contributed by atoms with Crippen LogP contribution in [0.4, 0.5) is 0 Å².